The second kappa shape index (κ2) is 7.81. The summed E-state index contributed by atoms with van der Waals surface area (Å²) in [4.78, 5) is 8.58. The van der Waals surface area contributed by atoms with Gasteiger partial charge in [-0.05, 0) is 59.7 Å². The first-order valence-corrected chi connectivity index (χ1v) is 8.43. The van der Waals surface area contributed by atoms with Crippen molar-refractivity contribution < 1.29 is 10.4 Å². The van der Waals surface area contributed by atoms with Crippen molar-refractivity contribution >= 4 is 33.0 Å². The molecule has 0 unspecified atom stereocenters. The monoisotopic (exact) mass is 334 g/mol. The van der Waals surface area contributed by atoms with Gasteiger partial charge in [0, 0.05) is 23.5 Å². The first-order chi connectivity index (χ1) is 10.6. The zero-order valence-electron chi connectivity index (χ0n) is 12.0. The summed E-state index contributed by atoms with van der Waals surface area (Å²) < 4.78 is 0. The van der Waals surface area contributed by atoms with Crippen molar-refractivity contribution in [3.8, 4) is 0 Å². The zero-order valence-corrected chi connectivity index (χ0v) is 13.6. The Labute approximate surface area is 135 Å². The molecule has 2 rings (SSSR count). The van der Waals surface area contributed by atoms with Crippen LogP contribution in [-0.2, 0) is 0 Å². The highest BCUT2D eigenvalue weighted by Crippen LogP contribution is 2.34. The lowest BCUT2D eigenvalue weighted by Gasteiger charge is -2.03. The van der Waals surface area contributed by atoms with Crippen LogP contribution in [0.2, 0.25) is 0 Å². The summed E-state index contributed by atoms with van der Waals surface area (Å²) in [7, 11) is 2.97. The van der Waals surface area contributed by atoms with E-state index in [1.807, 2.05) is 24.3 Å². The highest BCUT2D eigenvalue weighted by Gasteiger charge is 2.04. The smallest absolute Gasteiger partial charge is 0.107 e. The lowest BCUT2D eigenvalue weighted by atomic mass is 10.2. The molecule has 6 nitrogen and oxygen atoms in total. The molecule has 2 aromatic heterocycles. The van der Waals surface area contributed by atoms with Gasteiger partial charge < -0.3 is 10.4 Å². The molecule has 0 spiro atoms. The molecule has 22 heavy (non-hydrogen) atoms. The molecule has 2 N–H and O–H groups in total. The minimum Gasteiger partial charge on any atom is -0.411 e. The third-order valence-electron chi connectivity index (χ3n) is 2.82. The minimum absolute atomic E-state index is 0.523. The Morgan fingerprint density at radius 1 is 0.818 bits per heavy atom. The van der Waals surface area contributed by atoms with E-state index in [0.29, 0.717) is 11.4 Å². The number of hydrogen-bond acceptors (Lipinski definition) is 8. The SMILES string of the molecule is C/C(=N\O)c1ccc(SSc2ccc(/C(C)=N/O)cn2)nc1. The van der Waals surface area contributed by atoms with Crippen LogP contribution in [0.25, 0.3) is 0 Å². The van der Waals surface area contributed by atoms with Crippen molar-refractivity contribution in [1.82, 2.24) is 9.97 Å². The van der Waals surface area contributed by atoms with Crippen LogP contribution in [0.15, 0.2) is 57.0 Å². The van der Waals surface area contributed by atoms with Crippen LogP contribution in [-0.4, -0.2) is 31.8 Å². The average Bonchev–Trinajstić information content (AvgIpc) is 2.59. The van der Waals surface area contributed by atoms with Crippen LogP contribution >= 0.6 is 21.6 Å². The summed E-state index contributed by atoms with van der Waals surface area (Å²) in [5.41, 5.74) is 2.60. The summed E-state index contributed by atoms with van der Waals surface area (Å²) in [5, 5.41) is 25.4. The molecular formula is C14H14N4O2S2. The lowest BCUT2D eigenvalue weighted by molar-refractivity contribution is 0.319. The number of oxime groups is 2. The van der Waals surface area contributed by atoms with Crippen LogP contribution < -0.4 is 0 Å². The van der Waals surface area contributed by atoms with Crippen molar-refractivity contribution in [1.29, 1.82) is 0 Å². The summed E-state index contributed by atoms with van der Waals surface area (Å²) >= 11 is 0. The van der Waals surface area contributed by atoms with Crippen molar-refractivity contribution in [2.24, 2.45) is 10.3 Å². The molecule has 0 atom stereocenters. The molecule has 0 radical (unpaired) electrons. The molecule has 0 aliphatic rings. The fourth-order valence-corrected chi connectivity index (χ4v) is 3.20. The van der Waals surface area contributed by atoms with Gasteiger partial charge in [-0.2, -0.15) is 0 Å². The first-order valence-electron chi connectivity index (χ1n) is 6.28. The number of pyridine rings is 2. The molecule has 0 aliphatic heterocycles. The Balaban J connectivity index is 1.98. The number of rotatable bonds is 5. The molecule has 0 amide bonds. The Hall–Kier alpha value is -2.06. The van der Waals surface area contributed by atoms with Crippen LogP contribution in [0, 0.1) is 0 Å². The Morgan fingerprint density at radius 2 is 1.23 bits per heavy atom. The molecule has 0 aromatic carbocycles. The molecule has 0 bridgehead atoms. The van der Waals surface area contributed by atoms with Crippen LogP contribution in [0.1, 0.15) is 25.0 Å². The maximum absolute atomic E-state index is 8.71. The third-order valence-corrected chi connectivity index (χ3v) is 5.00. The summed E-state index contributed by atoms with van der Waals surface area (Å²) in [6, 6.07) is 7.42. The van der Waals surface area contributed by atoms with E-state index in [9.17, 15) is 0 Å². The van der Waals surface area contributed by atoms with Gasteiger partial charge in [-0.25, -0.2) is 9.97 Å². The van der Waals surface area contributed by atoms with E-state index in [-0.39, 0.29) is 0 Å². The Bertz CT molecular complexity index is 623. The Kier molecular flexibility index (Phi) is 5.79. The normalized spacial score (nSPS) is 12.5. The Morgan fingerprint density at radius 3 is 1.50 bits per heavy atom. The summed E-state index contributed by atoms with van der Waals surface area (Å²) in [5.74, 6) is 0. The van der Waals surface area contributed by atoms with Gasteiger partial charge in [0.25, 0.3) is 0 Å². The van der Waals surface area contributed by atoms with E-state index in [1.165, 1.54) is 21.6 Å². The molecule has 114 valence electrons. The van der Waals surface area contributed by atoms with Gasteiger partial charge in [0.2, 0.25) is 0 Å². The van der Waals surface area contributed by atoms with Gasteiger partial charge in [-0.3, -0.25) is 0 Å². The van der Waals surface area contributed by atoms with Crippen molar-refractivity contribution in [2.45, 2.75) is 23.9 Å². The van der Waals surface area contributed by atoms with Crippen molar-refractivity contribution in [3.63, 3.8) is 0 Å². The minimum atomic E-state index is 0.523. The topological polar surface area (TPSA) is 91.0 Å². The molecule has 2 aromatic rings. The van der Waals surface area contributed by atoms with E-state index in [1.54, 1.807) is 26.2 Å². The fourth-order valence-electron chi connectivity index (χ4n) is 1.49. The maximum Gasteiger partial charge on any atom is 0.107 e. The first kappa shape index (κ1) is 16.3. The van der Waals surface area contributed by atoms with Crippen molar-refractivity contribution in [3.05, 3.63) is 47.8 Å². The van der Waals surface area contributed by atoms with E-state index < -0.39 is 0 Å². The standard InChI is InChI=1S/C14H14N4O2S2/c1-9(17-19)11-3-5-13(15-7-11)21-22-14-6-4-12(8-16-14)10(2)18-20/h3-8,19-20H,1-2H3/b17-9+,18-10+. The van der Waals surface area contributed by atoms with Crippen LogP contribution in [0.3, 0.4) is 0 Å². The van der Waals surface area contributed by atoms with E-state index >= 15 is 0 Å². The van der Waals surface area contributed by atoms with E-state index in [2.05, 4.69) is 20.3 Å². The van der Waals surface area contributed by atoms with Crippen LogP contribution in [0.5, 0.6) is 0 Å². The number of aromatic nitrogens is 2. The molecule has 8 heteroatoms. The molecular weight excluding hydrogens is 320 g/mol. The predicted molar refractivity (Wildman–Crippen MR) is 88.2 cm³/mol. The highest BCUT2D eigenvalue weighted by molar-refractivity contribution is 8.76. The summed E-state index contributed by atoms with van der Waals surface area (Å²) in [6.45, 7) is 3.42. The van der Waals surface area contributed by atoms with E-state index in [4.69, 9.17) is 10.4 Å². The van der Waals surface area contributed by atoms with Gasteiger partial charge in [-0.15, -0.1) is 0 Å². The quantitative estimate of drug-likeness (QED) is 0.375. The van der Waals surface area contributed by atoms with Gasteiger partial charge in [0.15, 0.2) is 0 Å². The predicted octanol–water partition coefficient (Wildman–Crippen LogP) is 3.67. The molecule has 2 heterocycles. The lowest BCUT2D eigenvalue weighted by Crippen LogP contribution is -1.95. The average molecular weight is 334 g/mol. The van der Waals surface area contributed by atoms with Gasteiger partial charge >= 0.3 is 0 Å². The second-order valence-corrected chi connectivity index (χ2v) is 6.48. The molecule has 0 aliphatic carbocycles. The number of hydrogen-bond donors (Lipinski definition) is 2. The van der Waals surface area contributed by atoms with Gasteiger partial charge in [0.05, 0.1) is 11.4 Å². The molecule has 0 saturated carbocycles. The third kappa shape index (κ3) is 4.22. The van der Waals surface area contributed by atoms with Gasteiger partial charge in [0.1, 0.15) is 10.1 Å². The fraction of sp³-hybridized carbons (Fsp3) is 0.143. The molecule has 0 saturated heterocycles. The number of nitrogens with zero attached hydrogens (tertiary/aromatic N) is 4. The van der Waals surface area contributed by atoms with E-state index in [0.717, 1.165) is 21.2 Å². The largest absolute Gasteiger partial charge is 0.411 e. The van der Waals surface area contributed by atoms with Crippen LogP contribution in [0.4, 0.5) is 0 Å². The second-order valence-electron chi connectivity index (χ2n) is 4.31. The molecule has 0 fully saturated rings. The van der Waals surface area contributed by atoms with Gasteiger partial charge in [-0.1, -0.05) is 10.3 Å². The zero-order chi connectivity index (χ0) is 15.9. The maximum atomic E-state index is 8.71. The highest BCUT2D eigenvalue weighted by atomic mass is 33.1. The van der Waals surface area contributed by atoms with Crippen molar-refractivity contribution in [2.75, 3.05) is 0 Å². The summed E-state index contributed by atoms with van der Waals surface area (Å²) in [6.07, 6.45) is 3.32.